The Balaban J connectivity index is 2.52. The van der Waals surface area contributed by atoms with E-state index in [2.05, 4.69) is 5.10 Å². The van der Waals surface area contributed by atoms with Crippen molar-refractivity contribution in [1.82, 2.24) is 9.78 Å². The Morgan fingerprint density at radius 1 is 1.64 bits per heavy atom. The lowest BCUT2D eigenvalue weighted by Gasteiger charge is -2.16. The van der Waals surface area contributed by atoms with E-state index < -0.39 is 0 Å². The lowest BCUT2D eigenvalue weighted by Crippen LogP contribution is -2.32. The maximum absolute atomic E-state index is 11.6. The largest absolute Gasteiger partial charge is 0.326 e. The fraction of sp³-hybridized carbons (Fsp3) is 0.600. The lowest BCUT2D eigenvalue weighted by atomic mass is 9.98. The first-order chi connectivity index (χ1) is 6.38. The minimum atomic E-state index is -0.287. The van der Waals surface area contributed by atoms with Gasteiger partial charge in [-0.15, -0.1) is 0 Å². The van der Waals surface area contributed by atoms with Crippen molar-refractivity contribution in [3.05, 3.63) is 18.0 Å². The monoisotopic (exact) mass is 195 g/mol. The molecule has 0 aliphatic rings. The molecule has 1 aromatic rings. The SMILES string of the molecule is Cn1ccc(C(=O)CCC(C)(C)N)n1. The van der Waals surface area contributed by atoms with Gasteiger partial charge in [0.05, 0.1) is 0 Å². The Morgan fingerprint density at radius 3 is 2.71 bits per heavy atom. The molecule has 1 aromatic heterocycles. The molecule has 0 saturated heterocycles. The average molecular weight is 195 g/mol. The smallest absolute Gasteiger partial charge is 0.183 e. The first-order valence-electron chi connectivity index (χ1n) is 4.70. The van der Waals surface area contributed by atoms with Crippen molar-refractivity contribution < 1.29 is 4.79 Å². The maximum atomic E-state index is 11.6. The van der Waals surface area contributed by atoms with Gasteiger partial charge in [-0.2, -0.15) is 5.10 Å². The van der Waals surface area contributed by atoms with Crippen LogP contribution in [0.25, 0.3) is 0 Å². The number of hydrogen-bond donors (Lipinski definition) is 1. The molecule has 0 fully saturated rings. The molecule has 0 spiro atoms. The van der Waals surface area contributed by atoms with Crippen LogP contribution in [0.3, 0.4) is 0 Å². The zero-order valence-electron chi connectivity index (χ0n) is 8.95. The van der Waals surface area contributed by atoms with Gasteiger partial charge in [0.15, 0.2) is 5.78 Å². The average Bonchev–Trinajstić information content (AvgIpc) is 2.46. The maximum Gasteiger partial charge on any atom is 0.183 e. The van der Waals surface area contributed by atoms with E-state index in [1.807, 2.05) is 13.8 Å². The zero-order chi connectivity index (χ0) is 10.8. The molecule has 4 heteroatoms. The van der Waals surface area contributed by atoms with Crippen LogP contribution in [-0.2, 0) is 7.05 Å². The number of aryl methyl sites for hydroxylation is 1. The number of ketones is 1. The standard InChI is InChI=1S/C10H17N3O/c1-10(2,11)6-4-9(14)8-5-7-13(3)12-8/h5,7H,4,6,11H2,1-3H3. The molecule has 0 aromatic carbocycles. The van der Waals surface area contributed by atoms with E-state index >= 15 is 0 Å². The van der Waals surface area contributed by atoms with Crippen molar-refractivity contribution in [2.24, 2.45) is 12.8 Å². The molecule has 0 atom stereocenters. The van der Waals surface area contributed by atoms with Gasteiger partial charge in [0, 0.05) is 25.2 Å². The number of nitrogens with zero attached hydrogens (tertiary/aromatic N) is 2. The van der Waals surface area contributed by atoms with Crippen molar-refractivity contribution in [2.45, 2.75) is 32.2 Å². The predicted molar refractivity (Wildman–Crippen MR) is 55.0 cm³/mol. The molecule has 0 aliphatic heterocycles. The minimum Gasteiger partial charge on any atom is -0.326 e. The molecule has 1 rings (SSSR count). The Hall–Kier alpha value is -1.16. The van der Waals surface area contributed by atoms with E-state index in [9.17, 15) is 4.79 Å². The van der Waals surface area contributed by atoms with Crippen LogP contribution in [0.1, 0.15) is 37.2 Å². The molecule has 0 amide bonds. The second kappa shape index (κ2) is 3.92. The zero-order valence-corrected chi connectivity index (χ0v) is 8.95. The molecule has 2 N–H and O–H groups in total. The molecule has 78 valence electrons. The number of Topliss-reactive ketones (excluding diaryl/α,β-unsaturated/α-hetero) is 1. The third-order valence-electron chi connectivity index (χ3n) is 2.00. The van der Waals surface area contributed by atoms with Gasteiger partial charge in [0.25, 0.3) is 0 Å². The van der Waals surface area contributed by atoms with E-state index in [0.717, 1.165) is 0 Å². The highest BCUT2D eigenvalue weighted by molar-refractivity contribution is 5.94. The molecule has 0 radical (unpaired) electrons. The van der Waals surface area contributed by atoms with Crippen molar-refractivity contribution in [2.75, 3.05) is 0 Å². The van der Waals surface area contributed by atoms with E-state index in [1.54, 1.807) is 24.0 Å². The van der Waals surface area contributed by atoms with E-state index in [0.29, 0.717) is 18.5 Å². The minimum absolute atomic E-state index is 0.0594. The van der Waals surface area contributed by atoms with Crippen molar-refractivity contribution >= 4 is 5.78 Å². The van der Waals surface area contributed by atoms with Gasteiger partial charge < -0.3 is 5.73 Å². The van der Waals surface area contributed by atoms with Crippen molar-refractivity contribution in [1.29, 1.82) is 0 Å². The highest BCUT2D eigenvalue weighted by Crippen LogP contribution is 2.10. The van der Waals surface area contributed by atoms with E-state index in [-0.39, 0.29) is 11.3 Å². The van der Waals surface area contributed by atoms with Gasteiger partial charge in [0.2, 0.25) is 0 Å². The van der Waals surface area contributed by atoms with Crippen LogP contribution in [0.15, 0.2) is 12.3 Å². The summed E-state index contributed by atoms with van der Waals surface area (Å²) in [5, 5.41) is 4.04. The highest BCUT2D eigenvalue weighted by Gasteiger charge is 2.15. The summed E-state index contributed by atoms with van der Waals surface area (Å²) in [6.07, 6.45) is 2.91. The second-order valence-corrected chi connectivity index (χ2v) is 4.29. The Morgan fingerprint density at radius 2 is 2.29 bits per heavy atom. The Bertz CT molecular complexity index is 322. The number of aromatic nitrogens is 2. The first-order valence-corrected chi connectivity index (χ1v) is 4.70. The summed E-state index contributed by atoms with van der Waals surface area (Å²) in [4.78, 5) is 11.6. The van der Waals surface area contributed by atoms with Crippen LogP contribution in [-0.4, -0.2) is 21.1 Å². The molecule has 14 heavy (non-hydrogen) atoms. The molecule has 0 saturated carbocycles. The van der Waals surface area contributed by atoms with Gasteiger partial charge in [-0.25, -0.2) is 0 Å². The van der Waals surface area contributed by atoms with Gasteiger partial charge >= 0.3 is 0 Å². The molecule has 1 heterocycles. The molecule has 0 aliphatic carbocycles. The van der Waals surface area contributed by atoms with Crippen LogP contribution >= 0.6 is 0 Å². The summed E-state index contributed by atoms with van der Waals surface area (Å²) >= 11 is 0. The number of nitrogens with two attached hydrogens (primary N) is 1. The Kier molecular flexibility index (Phi) is 3.06. The summed E-state index contributed by atoms with van der Waals surface area (Å²) in [6, 6.07) is 1.73. The molecule has 0 unspecified atom stereocenters. The van der Waals surface area contributed by atoms with Crippen LogP contribution in [0.2, 0.25) is 0 Å². The lowest BCUT2D eigenvalue weighted by molar-refractivity contribution is 0.0967. The third-order valence-corrected chi connectivity index (χ3v) is 2.00. The topological polar surface area (TPSA) is 60.9 Å². The normalized spacial score (nSPS) is 11.7. The van der Waals surface area contributed by atoms with Crippen molar-refractivity contribution in [3.63, 3.8) is 0 Å². The van der Waals surface area contributed by atoms with Gasteiger partial charge in [-0.05, 0) is 26.3 Å². The summed E-state index contributed by atoms with van der Waals surface area (Å²) in [7, 11) is 1.80. The Labute approximate surface area is 84.1 Å². The fourth-order valence-electron chi connectivity index (χ4n) is 1.13. The fourth-order valence-corrected chi connectivity index (χ4v) is 1.13. The van der Waals surface area contributed by atoms with Crippen LogP contribution < -0.4 is 5.73 Å². The van der Waals surface area contributed by atoms with Crippen LogP contribution in [0.4, 0.5) is 0 Å². The van der Waals surface area contributed by atoms with Gasteiger partial charge in [0.1, 0.15) is 5.69 Å². The number of rotatable bonds is 4. The summed E-state index contributed by atoms with van der Waals surface area (Å²) < 4.78 is 1.63. The number of carbonyl (C=O) groups is 1. The quantitative estimate of drug-likeness (QED) is 0.732. The summed E-state index contributed by atoms with van der Waals surface area (Å²) in [5.74, 6) is 0.0594. The first kappa shape index (κ1) is 10.9. The van der Waals surface area contributed by atoms with E-state index in [4.69, 9.17) is 5.73 Å². The van der Waals surface area contributed by atoms with Crippen molar-refractivity contribution in [3.8, 4) is 0 Å². The summed E-state index contributed by atoms with van der Waals surface area (Å²) in [5.41, 5.74) is 6.03. The van der Waals surface area contributed by atoms with Gasteiger partial charge in [-0.1, -0.05) is 0 Å². The third kappa shape index (κ3) is 3.30. The molecular formula is C10H17N3O. The highest BCUT2D eigenvalue weighted by atomic mass is 16.1. The van der Waals surface area contributed by atoms with Crippen LogP contribution in [0, 0.1) is 0 Å². The number of hydrogen-bond acceptors (Lipinski definition) is 3. The second-order valence-electron chi connectivity index (χ2n) is 4.29. The predicted octanol–water partition coefficient (Wildman–Crippen LogP) is 1.12. The van der Waals surface area contributed by atoms with E-state index in [1.165, 1.54) is 0 Å². The van der Waals surface area contributed by atoms with Crippen LogP contribution in [0.5, 0.6) is 0 Å². The summed E-state index contributed by atoms with van der Waals surface area (Å²) in [6.45, 7) is 3.83. The molecule has 4 nitrogen and oxygen atoms in total. The number of carbonyl (C=O) groups excluding carboxylic acids is 1. The molecule has 0 bridgehead atoms. The van der Waals surface area contributed by atoms with Gasteiger partial charge in [-0.3, -0.25) is 9.48 Å². The molecular weight excluding hydrogens is 178 g/mol.